The summed E-state index contributed by atoms with van der Waals surface area (Å²) in [5.74, 6) is 2.49. The molecule has 2 N–H and O–H groups in total. The highest BCUT2D eigenvalue weighted by Crippen LogP contribution is 2.23. The van der Waals surface area contributed by atoms with E-state index < -0.39 is 0 Å². The maximum atomic E-state index is 4.83. The highest BCUT2D eigenvalue weighted by molar-refractivity contribution is 5.60. The Morgan fingerprint density at radius 2 is 1.96 bits per heavy atom. The Hall–Kier alpha value is -2.57. The van der Waals surface area contributed by atoms with Crippen molar-refractivity contribution in [2.75, 3.05) is 23.3 Å². The van der Waals surface area contributed by atoms with E-state index >= 15 is 0 Å². The lowest BCUT2D eigenvalue weighted by Crippen LogP contribution is -2.25. The van der Waals surface area contributed by atoms with Crippen LogP contribution in [0.3, 0.4) is 0 Å². The zero-order chi connectivity index (χ0) is 15.6. The van der Waals surface area contributed by atoms with Crippen molar-refractivity contribution in [2.45, 2.75) is 32.6 Å². The molecule has 1 fully saturated rings. The summed E-state index contributed by atoms with van der Waals surface area (Å²) >= 11 is 0. The molecule has 0 amide bonds. The average molecular weight is 311 g/mol. The van der Waals surface area contributed by atoms with Gasteiger partial charge in [-0.15, -0.1) is 0 Å². The lowest BCUT2D eigenvalue weighted by atomic mass is 10.2. The molecule has 4 heterocycles. The van der Waals surface area contributed by atoms with Gasteiger partial charge in [0.2, 0.25) is 5.95 Å². The number of aromatic amines is 1. The average Bonchev–Trinajstić information content (AvgIpc) is 3.08. The van der Waals surface area contributed by atoms with Crippen LogP contribution in [0.2, 0.25) is 0 Å². The molecule has 0 radical (unpaired) electrons. The van der Waals surface area contributed by atoms with Crippen molar-refractivity contribution >= 4 is 23.2 Å². The second-order valence-electron chi connectivity index (χ2n) is 6.06. The molecule has 1 saturated heterocycles. The van der Waals surface area contributed by atoms with Crippen molar-refractivity contribution in [3.8, 4) is 0 Å². The van der Waals surface area contributed by atoms with Crippen LogP contribution in [-0.4, -0.2) is 37.7 Å². The molecule has 7 heteroatoms. The van der Waals surface area contributed by atoms with Gasteiger partial charge < -0.3 is 10.2 Å². The fraction of sp³-hybridized carbons (Fsp3) is 0.438. The van der Waals surface area contributed by atoms with E-state index in [0.717, 1.165) is 42.0 Å². The van der Waals surface area contributed by atoms with Gasteiger partial charge in [0.25, 0.3) is 0 Å². The third-order valence-corrected chi connectivity index (χ3v) is 4.25. The van der Waals surface area contributed by atoms with Crippen LogP contribution in [0.4, 0.5) is 17.6 Å². The SMILES string of the molecule is Cc1cc(Nc2nc(N3CCCCCC3)cc3nccn23)n[nH]1. The molecule has 0 unspecified atom stereocenters. The third kappa shape index (κ3) is 2.86. The minimum Gasteiger partial charge on any atom is -0.356 e. The van der Waals surface area contributed by atoms with E-state index in [9.17, 15) is 0 Å². The fourth-order valence-corrected chi connectivity index (χ4v) is 3.06. The number of anilines is 3. The molecule has 0 atom stereocenters. The van der Waals surface area contributed by atoms with Gasteiger partial charge in [-0.05, 0) is 19.8 Å². The predicted octanol–water partition coefficient (Wildman–Crippen LogP) is 2.88. The lowest BCUT2D eigenvalue weighted by Gasteiger charge is -2.22. The second-order valence-corrected chi connectivity index (χ2v) is 6.06. The van der Waals surface area contributed by atoms with Crippen molar-refractivity contribution in [1.29, 1.82) is 0 Å². The van der Waals surface area contributed by atoms with Crippen molar-refractivity contribution in [2.24, 2.45) is 0 Å². The monoisotopic (exact) mass is 311 g/mol. The molecule has 120 valence electrons. The topological polar surface area (TPSA) is 74.1 Å². The van der Waals surface area contributed by atoms with E-state index in [0.29, 0.717) is 0 Å². The van der Waals surface area contributed by atoms with Crippen molar-refractivity contribution in [1.82, 2.24) is 24.6 Å². The minimum atomic E-state index is 0.741. The van der Waals surface area contributed by atoms with Gasteiger partial charge in [-0.2, -0.15) is 10.1 Å². The molecular formula is C16H21N7. The van der Waals surface area contributed by atoms with Crippen LogP contribution in [0, 0.1) is 6.92 Å². The smallest absolute Gasteiger partial charge is 0.216 e. The number of fused-ring (bicyclic) bond motifs is 1. The number of H-pyrrole nitrogens is 1. The van der Waals surface area contributed by atoms with E-state index in [2.05, 4.69) is 31.5 Å². The lowest BCUT2D eigenvalue weighted by molar-refractivity contribution is 0.726. The van der Waals surface area contributed by atoms with Gasteiger partial charge >= 0.3 is 0 Å². The Morgan fingerprint density at radius 3 is 2.70 bits per heavy atom. The number of hydrogen-bond donors (Lipinski definition) is 2. The minimum absolute atomic E-state index is 0.741. The molecule has 0 spiro atoms. The first-order valence-electron chi connectivity index (χ1n) is 8.18. The van der Waals surface area contributed by atoms with Crippen LogP contribution in [0.15, 0.2) is 24.5 Å². The van der Waals surface area contributed by atoms with Crippen LogP contribution < -0.4 is 10.2 Å². The summed E-state index contributed by atoms with van der Waals surface area (Å²) < 4.78 is 1.95. The van der Waals surface area contributed by atoms with E-state index in [1.807, 2.05) is 23.6 Å². The fourth-order valence-electron chi connectivity index (χ4n) is 3.06. The number of aromatic nitrogens is 5. The summed E-state index contributed by atoms with van der Waals surface area (Å²) in [6.07, 6.45) is 8.77. The number of rotatable bonds is 3. The number of imidazole rings is 1. The Labute approximate surface area is 134 Å². The van der Waals surface area contributed by atoms with Crippen molar-refractivity contribution in [3.63, 3.8) is 0 Å². The van der Waals surface area contributed by atoms with Crippen LogP contribution in [0.5, 0.6) is 0 Å². The summed E-state index contributed by atoms with van der Waals surface area (Å²) in [7, 11) is 0. The summed E-state index contributed by atoms with van der Waals surface area (Å²) in [4.78, 5) is 11.6. The zero-order valence-corrected chi connectivity index (χ0v) is 13.3. The van der Waals surface area contributed by atoms with E-state index in [1.54, 1.807) is 6.20 Å². The van der Waals surface area contributed by atoms with Gasteiger partial charge in [0, 0.05) is 43.3 Å². The number of aryl methyl sites for hydroxylation is 1. The van der Waals surface area contributed by atoms with E-state index in [1.165, 1.54) is 25.7 Å². The molecule has 1 aliphatic rings. The maximum Gasteiger partial charge on any atom is 0.216 e. The van der Waals surface area contributed by atoms with E-state index in [-0.39, 0.29) is 0 Å². The number of nitrogens with zero attached hydrogens (tertiary/aromatic N) is 5. The van der Waals surface area contributed by atoms with Crippen LogP contribution in [-0.2, 0) is 0 Å². The highest BCUT2D eigenvalue weighted by Gasteiger charge is 2.15. The first kappa shape index (κ1) is 14.0. The van der Waals surface area contributed by atoms with Gasteiger partial charge in [0.1, 0.15) is 11.5 Å². The highest BCUT2D eigenvalue weighted by atomic mass is 15.3. The molecule has 0 saturated carbocycles. The van der Waals surface area contributed by atoms with Crippen LogP contribution >= 0.6 is 0 Å². The van der Waals surface area contributed by atoms with Crippen LogP contribution in [0.1, 0.15) is 31.4 Å². The molecule has 4 rings (SSSR count). The van der Waals surface area contributed by atoms with Gasteiger partial charge in [0.05, 0.1) is 0 Å². The van der Waals surface area contributed by atoms with Gasteiger partial charge in [-0.25, -0.2) is 4.98 Å². The molecule has 23 heavy (non-hydrogen) atoms. The second kappa shape index (κ2) is 5.91. The molecule has 3 aromatic heterocycles. The van der Waals surface area contributed by atoms with Crippen LogP contribution in [0.25, 0.3) is 5.65 Å². The van der Waals surface area contributed by atoms with Crippen molar-refractivity contribution in [3.05, 3.63) is 30.2 Å². The van der Waals surface area contributed by atoms with E-state index in [4.69, 9.17) is 4.98 Å². The van der Waals surface area contributed by atoms with Gasteiger partial charge in [0.15, 0.2) is 5.82 Å². The quantitative estimate of drug-likeness (QED) is 0.778. The summed E-state index contributed by atoms with van der Waals surface area (Å²) in [6.45, 7) is 4.10. The number of nitrogens with one attached hydrogen (secondary N) is 2. The standard InChI is InChI=1S/C16H21N7/c1-12-10-13(21-20-12)18-16-19-15(11-14-17-6-9-23(14)16)22-7-4-2-3-5-8-22/h6,9-11H,2-5,7-8H2,1H3,(H2,18,19,20,21). The molecule has 0 aliphatic carbocycles. The molecular weight excluding hydrogens is 290 g/mol. The van der Waals surface area contributed by atoms with Crippen molar-refractivity contribution < 1.29 is 0 Å². The summed E-state index contributed by atoms with van der Waals surface area (Å²) in [5.41, 5.74) is 1.91. The Kier molecular flexibility index (Phi) is 3.61. The summed E-state index contributed by atoms with van der Waals surface area (Å²) in [6, 6.07) is 4.02. The number of hydrogen-bond acceptors (Lipinski definition) is 5. The maximum absolute atomic E-state index is 4.83. The first-order chi connectivity index (χ1) is 11.3. The first-order valence-corrected chi connectivity index (χ1v) is 8.18. The molecule has 0 aromatic carbocycles. The predicted molar refractivity (Wildman–Crippen MR) is 90.3 cm³/mol. The molecule has 3 aromatic rings. The normalized spacial score (nSPS) is 15.8. The Bertz CT molecular complexity index is 796. The van der Waals surface area contributed by atoms with Gasteiger partial charge in [-0.1, -0.05) is 12.8 Å². The summed E-state index contributed by atoms with van der Waals surface area (Å²) in [5, 5.41) is 10.5. The third-order valence-electron chi connectivity index (χ3n) is 4.25. The molecule has 7 nitrogen and oxygen atoms in total. The molecule has 0 bridgehead atoms. The Balaban J connectivity index is 1.71. The largest absolute Gasteiger partial charge is 0.356 e. The zero-order valence-electron chi connectivity index (χ0n) is 13.3. The molecule has 1 aliphatic heterocycles. The Morgan fingerprint density at radius 1 is 1.13 bits per heavy atom. The van der Waals surface area contributed by atoms with Gasteiger partial charge in [-0.3, -0.25) is 9.50 Å².